The first-order valence-corrected chi connectivity index (χ1v) is 9.25. The molecular weight excluding hydrogens is 425 g/mol. The summed E-state index contributed by atoms with van der Waals surface area (Å²) in [7, 11) is 1.78. The van der Waals surface area contributed by atoms with Crippen LogP contribution in [-0.4, -0.2) is 25.0 Å². The van der Waals surface area contributed by atoms with E-state index in [1.165, 1.54) is 17.8 Å². The van der Waals surface area contributed by atoms with Crippen molar-refractivity contribution in [1.82, 2.24) is 25.0 Å². The molecule has 0 saturated carbocycles. The highest BCUT2D eigenvalue weighted by molar-refractivity contribution is 9.10. The van der Waals surface area contributed by atoms with E-state index in [1.54, 1.807) is 41.9 Å². The maximum Gasteiger partial charge on any atom is 0.283 e. The molecule has 10 heteroatoms. The van der Waals surface area contributed by atoms with Gasteiger partial charge in [0.1, 0.15) is 5.82 Å². The predicted molar refractivity (Wildman–Crippen MR) is 95.7 cm³/mol. The number of furan rings is 1. The van der Waals surface area contributed by atoms with Crippen molar-refractivity contribution in [3.05, 3.63) is 52.8 Å². The average molecular weight is 436 g/mol. The molecule has 4 rings (SSSR count). The fraction of sp³-hybridized carbons (Fsp3) is 0.125. The van der Waals surface area contributed by atoms with Crippen LogP contribution in [0.4, 0.5) is 4.39 Å². The molecule has 3 aromatic heterocycles. The van der Waals surface area contributed by atoms with E-state index in [2.05, 4.69) is 36.3 Å². The molecule has 0 aliphatic carbocycles. The molecule has 0 aliphatic heterocycles. The molecule has 132 valence electrons. The van der Waals surface area contributed by atoms with E-state index in [0.717, 1.165) is 0 Å². The lowest BCUT2D eigenvalue weighted by Crippen LogP contribution is -1.96. The second-order valence-electron chi connectivity index (χ2n) is 5.24. The highest BCUT2D eigenvalue weighted by atomic mass is 79.9. The molecule has 0 saturated heterocycles. The molecular formula is C16H11BrFN5O2S. The van der Waals surface area contributed by atoms with Crippen LogP contribution >= 0.6 is 27.7 Å². The molecule has 0 radical (unpaired) electrons. The number of hydrogen-bond donors (Lipinski definition) is 0. The summed E-state index contributed by atoms with van der Waals surface area (Å²) < 4.78 is 27.2. The van der Waals surface area contributed by atoms with Gasteiger partial charge in [0.2, 0.25) is 5.89 Å². The number of rotatable bonds is 5. The minimum absolute atomic E-state index is 0.302. The number of benzene rings is 1. The Hall–Kier alpha value is -2.46. The summed E-state index contributed by atoms with van der Waals surface area (Å²) in [6.45, 7) is 0. The van der Waals surface area contributed by atoms with Gasteiger partial charge < -0.3 is 13.4 Å². The Morgan fingerprint density at radius 1 is 1.08 bits per heavy atom. The molecule has 0 unspecified atom stereocenters. The minimum Gasteiger partial charge on any atom is -0.444 e. The van der Waals surface area contributed by atoms with Crippen molar-refractivity contribution in [2.75, 3.05) is 0 Å². The van der Waals surface area contributed by atoms with Gasteiger partial charge in [-0.2, -0.15) is 0 Å². The van der Waals surface area contributed by atoms with E-state index in [1.807, 2.05) is 0 Å². The standard InChI is InChI=1S/C16H11BrFN5O2S/c1-23-14(9-4-2-3-5-10(9)18)20-22-16(23)26-8-13-19-21-15(25-13)11-6-7-12(17)24-11/h2-7H,8H2,1H3. The first-order valence-electron chi connectivity index (χ1n) is 7.47. The fourth-order valence-corrected chi connectivity index (χ4v) is 3.34. The first-order chi connectivity index (χ1) is 12.6. The summed E-state index contributed by atoms with van der Waals surface area (Å²) in [5, 5.41) is 16.8. The van der Waals surface area contributed by atoms with Crippen molar-refractivity contribution in [3.8, 4) is 23.0 Å². The Kier molecular flexibility index (Phi) is 4.60. The van der Waals surface area contributed by atoms with E-state index in [-0.39, 0.29) is 5.82 Å². The lowest BCUT2D eigenvalue weighted by atomic mass is 10.2. The minimum atomic E-state index is -0.342. The summed E-state index contributed by atoms with van der Waals surface area (Å²) >= 11 is 4.59. The number of aromatic nitrogens is 5. The van der Waals surface area contributed by atoms with Crippen molar-refractivity contribution in [3.63, 3.8) is 0 Å². The maximum absolute atomic E-state index is 13.9. The molecule has 0 fully saturated rings. The molecule has 1 aromatic carbocycles. The van der Waals surface area contributed by atoms with Crippen LogP contribution in [0.15, 0.2) is 55.1 Å². The zero-order chi connectivity index (χ0) is 18.1. The quantitative estimate of drug-likeness (QED) is 0.431. The van der Waals surface area contributed by atoms with Crippen LogP contribution in [0.5, 0.6) is 0 Å². The van der Waals surface area contributed by atoms with Crippen LogP contribution in [0, 0.1) is 5.82 Å². The molecule has 0 amide bonds. The zero-order valence-corrected chi connectivity index (χ0v) is 15.8. The molecule has 3 heterocycles. The Balaban J connectivity index is 1.49. The van der Waals surface area contributed by atoms with E-state index in [0.29, 0.717) is 44.5 Å². The fourth-order valence-electron chi connectivity index (χ4n) is 2.28. The molecule has 0 N–H and O–H groups in total. The van der Waals surface area contributed by atoms with E-state index in [9.17, 15) is 4.39 Å². The molecule has 0 spiro atoms. The van der Waals surface area contributed by atoms with E-state index in [4.69, 9.17) is 8.83 Å². The molecule has 26 heavy (non-hydrogen) atoms. The molecule has 4 aromatic rings. The van der Waals surface area contributed by atoms with Crippen LogP contribution in [0.2, 0.25) is 0 Å². The third kappa shape index (κ3) is 3.29. The number of halogens is 2. The van der Waals surface area contributed by atoms with Gasteiger partial charge in [0, 0.05) is 7.05 Å². The van der Waals surface area contributed by atoms with Crippen LogP contribution < -0.4 is 0 Å². The smallest absolute Gasteiger partial charge is 0.283 e. The van der Waals surface area contributed by atoms with Crippen LogP contribution in [0.1, 0.15) is 5.89 Å². The van der Waals surface area contributed by atoms with Crippen LogP contribution in [0.3, 0.4) is 0 Å². The molecule has 0 bridgehead atoms. The van der Waals surface area contributed by atoms with Crippen molar-refractivity contribution >= 4 is 27.7 Å². The maximum atomic E-state index is 13.9. The second kappa shape index (κ2) is 7.04. The van der Waals surface area contributed by atoms with Gasteiger partial charge in [-0.25, -0.2) is 4.39 Å². The molecule has 0 aliphatic rings. The lowest BCUT2D eigenvalue weighted by molar-refractivity contribution is 0.486. The third-order valence-electron chi connectivity index (χ3n) is 3.53. The van der Waals surface area contributed by atoms with Crippen LogP contribution in [-0.2, 0) is 12.8 Å². The van der Waals surface area contributed by atoms with Crippen molar-refractivity contribution in [1.29, 1.82) is 0 Å². The normalized spacial score (nSPS) is 11.2. The zero-order valence-electron chi connectivity index (χ0n) is 13.4. The summed E-state index contributed by atoms with van der Waals surface area (Å²) in [5.74, 6) is 1.73. The molecule has 0 atom stereocenters. The highest BCUT2D eigenvalue weighted by Gasteiger charge is 2.16. The van der Waals surface area contributed by atoms with Gasteiger partial charge in [-0.15, -0.1) is 20.4 Å². The third-order valence-corrected chi connectivity index (χ3v) is 4.96. The van der Waals surface area contributed by atoms with Gasteiger partial charge in [-0.3, -0.25) is 0 Å². The molecule has 7 nitrogen and oxygen atoms in total. The Labute approximate surface area is 159 Å². The van der Waals surface area contributed by atoms with Crippen molar-refractivity contribution < 1.29 is 13.2 Å². The van der Waals surface area contributed by atoms with Crippen LogP contribution in [0.25, 0.3) is 23.0 Å². The van der Waals surface area contributed by atoms with E-state index >= 15 is 0 Å². The second-order valence-corrected chi connectivity index (χ2v) is 6.96. The van der Waals surface area contributed by atoms with E-state index < -0.39 is 0 Å². The van der Waals surface area contributed by atoms with Gasteiger partial charge in [0.25, 0.3) is 5.89 Å². The largest absolute Gasteiger partial charge is 0.444 e. The van der Waals surface area contributed by atoms with Crippen molar-refractivity contribution in [2.24, 2.45) is 7.05 Å². The first kappa shape index (κ1) is 17.0. The summed E-state index contributed by atoms with van der Waals surface area (Å²) in [4.78, 5) is 0. The lowest BCUT2D eigenvalue weighted by Gasteiger charge is -2.03. The highest BCUT2D eigenvalue weighted by Crippen LogP contribution is 2.28. The number of thioether (sulfide) groups is 1. The van der Waals surface area contributed by atoms with Gasteiger partial charge in [0.15, 0.2) is 21.4 Å². The summed E-state index contributed by atoms with van der Waals surface area (Å²) in [6, 6.07) is 9.93. The SMILES string of the molecule is Cn1c(SCc2nnc(-c3ccc(Br)o3)o2)nnc1-c1ccccc1F. The Morgan fingerprint density at radius 2 is 1.92 bits per heavy atom. The number of nitrogens with zero attached hydrogens (tertiary/aromatic N) is 5. The Morgan fingerprint density at radius 3 is 2.69 bits per heavy atom. The van der Waals surface area contributed by atoms with Crippen molar-refractivity contribution in [2.45, 2.75) is 10.9 Å². The van der Waals surface area contributed by atoms with Gasteiger partial charge in [-0.1, -0.05) is 23.9 Å². The summed E-state index contributed by atoms with van der Waals surface area (Å²) in [6.07, 6.45) is 0. The number of hydrogen-bond acceptors (Lipinski definition) is 7. The average Bonchev–Trinajstić information content (AvgIpc) is 3.34. The topological polar surface area (TPSA) is 82.8 Å². The predicted octanol–water partition coefficient (Wildman–Crippen LogP) is 4.32. The van der Waals surface area contributed by atoms with Gasteiger partial charge in [0.05, 0.1) is 11.3 Å². The van der Waals surface area contributed by atoms with Gasteiger partial charge >= 0.3 is 0 Å². The summed E-state index contributed by atoms with van der Waals surface area (Å²) in [5.41, 5.74) is 0.401. The van der Waals surface area contributed by atoms with Gasteiger partial charge in [-0.05, 0) is 40.2 Å². The Bertz CT molecular complexity index is 1060. The monoisotopic (exact) mass is 435 g/mol.